The number of ketones is 1. The molecule has 1 aromatic heterocycles. The number of Topliss-reactive ketones (excluding diaryl/α,β-unsaturated/α-hetero) is 1. The monoisotopic (exact) mass is 518 g/mol. The van der Waals surface area contributed by atoms with Crippen LogP contribution < -0.4 is 14.8 Å². The van der Waals surface area contributed by atoms with E-state index in [1.165, 1.54) is 6.20 Å². The predicted octanol–water partition coefficient (Wildman–Crippen LogP) is 7.05. The van der Waals surface area contributed by atoms with E-state index in [9.17, 15) is 9.59 Å². The Hall–Kier alpha value is -4.45. The molecule has 0 radical (unpaired) electrons. The summed E-state index contributed by atoms with van der Waals surface area (Å²) < 4.78 is 11.7. The SMILES string of the molecule is CCOc1cc(C2C3=C(CC(C)(C)CC3=O)Nc3ccc4ccccc4c32)ccc1OC(=O)c1cccnc1. The predicted molar refractivity (Wildman–Crippen MR) is 151 cm³/mol. The third kappa shape index (κ3) is 4.56. The smallest absolute Gasteiger partial charge is 0.345 e. The van der Waals surface area contributed by atoms with Crippen LogP contribution in [0.4, 0.5) is 5.69 Å². The van der Waals surface area contributed by atoms with E-state index in [-0.39, 0.29) is 17.1 Å². The van der Waals surface area contributed by atoms with E-state index in [4.69, 9.17) is 9.47 Å². The number of rotatable bonds is 5. The Morgan fingerprint density at radius 3 is 2.67 bits per heavy atom. The molecule has 39 heavy (non-hydrogen) atoms. The molecular weight excluding hydrogens is 488 g/mol. The van der Waals surface area contributed by atoms with Crippen molar-refractivity contribution >= 4 is 28.2 Å². The number of carbonyl (C=O) groups is 2. The number of ether oxygens (including phenoxy) is 2. The lowest BCUT2D eigenvalue weighted by atomic mass is 9.68. The van der Waals surface area contributed by atoms with Crippen LogP contribution in [0.5, 0.6) is 11.5 Å². The molecule has 196 valence electrons. The standard InChI is InChI=1S/C33H30N2O4/c1-4-38-28-16-21(12-14-27(28)39-32(37)22-9-7-15-34-19-22)29-30-23-10-6-5-8-20(23)11-13-24(30)35-25-17-33(2,3)18-26(36)31(25)29/h5-16,19,29,35H,4,17-18H2,1-3H3. The highest BCUT2D eigenvalue weighted by atomic mass is 16.6. The van der Waals surface area contributed by atoms with Crippen LogP contribution in [0.1, 0.15) is 61.0 Å². The molecule has 0 saturated carbocycles. The number of pyridine rings is 1. The Balaban J connectivity index is 1.50. The minimum absolute atomic E-state index is 0.122. The van der Waals surface area contributed by atoms with Crippen molar-refractivity contribution in [2.75, 3.05) is 11.9 Å². The van der Waals surface area contributed by atoms with Crippen molar-refractivity contribution in [2.45, 2.75) is 39.5 Å². The zero-order valence-corrected chi connectivity index (χ0v) is 22.3. The quantitative estimate of drug-likeness (QED) is 0.225. The number of anilines is 1. The van der Waals surface area contributed by atoms with Gasteiger partial charge in [-0.05, 0) is 71.0 Å². The number of nitrogens with one attached hydrogen (secondary N) is 1. The maximum Gasteiger partial charge on any atom is 0.345 e. The van der Waals surface area contributed by atoms with Gasteiger partial charge in [0.15, 0.2) is 17.3 Å². The first-order chi connectivity index (χ1) is 18.8. The van der Waals surface area contributed by atoms with Gasteiger partial charge in [-0.3, -0.25) is 9.78 Å². The molecule has 4 aromatic rings. The Labute approximate surface area is 227 Å². The van der Waals surface area contributed by atoms with Gasteiger partial charge in [0.05, 0.1) is 12.2 Å². The Morgan fingerprint density at radius 2 is 1.87 bits per heavy atom. The highest BCUT2D eigenvalue weighted by Crippen LogP contribution is 2.51. The fraction of sp³-hybridized carbons (Fsp3) is 0.242. The van der Waals surface area contributed by atoms with E-state index < -0.39 is 5.97 Å². The van der Waals surface area contributed by atoms with Crippen molar-refractivity contribution in [3.05, 3.63) is 107 Å². The lowest BCUT2D eigenvalue weighted by Gasteiger charge is -2.40. The van der Waals surface area contributed by atoms with Gasteiger partial charge in [-0.1, -0.05) is 50.2 Å². The van der Waals surface area contributed by atoms with Crippen LogP contribution in [0, 0.1) is 5.41 Å². The molecule has 1 aliphatic heterocycles. The van der Waals surface area contributed by atoms with E-state index in [0.29, 0.717) is 30.1 Å². The van der Waals surface area contributed by atoms with E-state index in [0.717, 1.165) is 45.3 Å². The minimum Gasteiger partial charge on any atom is -0.490 e. The fourth-order valence-corrected chi connectivity index (χ4v) is 5.84. The largest absolute Gasteiger partial charge is 0.490 e. The Morgan fingerprint density at radius 1 is 1.03 bits per heavy atom. The van der Waals surface area contributed by atoms with Crippen LogP contribution in [0.25, 0.3) is 10.8 Å². The maximum atomic E-state index is 13.7. The van der Waals surface area contributed by atoms with Crippen LogP contribution in [0.15, 0.2) is 90.4 Å². The van der Waals surface area contributed by atoms with Gasteiger partial charge in [0.1, 0.15) is 0 Å². The van der Waals surface area contributed by atoms with Crippen molar-refractivity contribution < 1.29 is 19.1 Å². The number of benzene rings is 3. The highest BCUT2D eigenvalue weighted by molar-refractivity contribution is 6.04. The average molecular weight is 519 g/mol. The Bertz CT molecular complexity index is 1640. The molecule has 0 amide bonds. The van der Waals surface area contributed by atoms with Gasteiger partial charge in [-0.25, -0.2) is 4.79 Å². The fourth-order valence-electron chi connectivity index (χ4n) is 5.84. The topological polar surface area (TPSA) is 77.5 Å². The highest BCUT2D eigenvalue weighted by Gasteiger charge is 2.41. The minimum atomic E-state index is -0.510. The molecule has 6 rings (SSSR count). The van der Waals surface area contributed by atoms with Crippen molar-refractivity contribution in [1.82, 2.24) is 4.98 Å². The van der Waals surface area contributed by atoms with Gasteiger partial charge in [-0.15, -0.1) is 0 Å². The molecule has 1 atom stereocenters. The van der Waals surface area contributed by atoms with E-state index in [1.54, 1.807) is 24.4 Å². The van der Waals surface area contributed by atoms with Crippen LogP contribution in [-0.2, 0) is 4.79 Å². The lowest BCUT2D eigenvalue weighted by molar-refractivity contribution is -0.118. The maximum absolute atomic E-state index is 13.7. The summed E-state index contributed by atoms with van der Waals surface area (Å²) >= 11 is 0. The van der Waals surface area contributed by atoms with E-state index in [2.05, 4.69) is 48.4 Å². The second-order valence-corrected chi connectivity index (χ2v) is 10.9. The number of esters is 1. The second kappa shape index (κ2) is 9.70. The summed E-state index contributed by atoms with van der Waals surface area (Å²) in [6.07, 6.45) is 4.35. The number of fused-ring (bicyclic) bond motifs is 3. The molecule has 1 N–H and O–H groups in total. The van der Waals surface area contributed by atoms with E-state index >= 15 is 0 Å². The number of carbonyl (C=O) groups excluding carboxylic acids is 2. The van der Waals surface area contributed by atoms with Gasteiger partial charge >= 0.3 is 5.97 Å². The molecule has 2 aliphatic rings. The molecule has 0 saturated heterocycles. The summed E-state index contributed by atoms with van der Waals surface area (Å²) in [6, 6.07) is 21.4. The molecule has 6 heteroatoms. The van der Waals surface area contributed by atoms with Crippen LogP contribution in [0.2, 0.25) is 0 Å². The number of hydrogen-bond donors (Lipinski definition) is 1. The van der Waals surface area contributed by atoms with Crippen molar-refractivity contribution in [3.8, 4) is 11.5 Å². The summed E-state index contributed by atoms with van der Waals surface area (Å²) in [5.74, 6) is 0.144. The molecule has 2 heterocycles. The first-order valence-corrected chi connectivity index (χ1v) is 13.3. The summed E-state index contributed by atoms with van der Waals surface area (Å²) in [7, 11) is 0. The van der Waals surface area contributed by atoms with Gasteiger partial charge in [0.25, 0.3) is 0 Å². The van der Waals surface area contributed by atoms with Gasteiger partial charge < -0.3 is 14.8 Å². The van der Waals surface area contributed by atoms with Gasteiger partial charge in [0, 0.05) is 41.7 Å². The van der Waals surface area contributed by atoms with Crippen LogP contribution in [-0.4, -0.2) is 23.3 Å². The number of hydrogen-bond acceptors (Lipinski definition) is 6. The molecule has 0 spiro atoms. The molecule has 3 aromatic carbocycles. The first-order valence-electron chi connectivity index (χ1n) is 13.3. The molecule has 0 bridgehead atoms. The zero-order valence-electron chi connectivity index (χ0n) is 22.3. The van der Waals surface area contributed by atoms with Crippen molar-refractivity contribution in [3.63, 3.8) is 0 Å². The van der Waals surface area contributed by atoms with Crippen LogP contribution >= 0.6 is 0 Å². The summed E-state index contributed by atoms with van der Waals surface area (Å²) in [5, 5.41) is 5.84. The molecule has 6 nitrogen and oxygen atoms in total. The number of nitrogens with zero attached hydrogens (tertiary/aromatic N) is 1. The normalized spacial score (nSPS) is 17.7. The third-order valence-corrected chi connectivity index (χ3v) is 7.45. The van der Waals surface area contributed by atoms with E-state index in [1.807, 2.05) is 31.2 Å². The number of allylic oxidation sites excluding steroid dienone is 2. The average Bonchev–Trinajstić information content (AvgIpc) is 2.92. The molecule has 1 unspecified atom stereocenters. The molecular formula is C33H30N2O4. The summed E-state index contributed by atoms with van der Waals surface area (Å²) in [6.45, 7) is 6.56. The van der Waals surface area contributed by atoms with Crippen molar-refractivity contribution in [2.24, 2.45) is 5.41 Å². The summed E-state index contributed by atoms with van der Waals surface area (Å²) in [5.41, 5.74) is 5.01. The van der Waals surface area contributed by atoms with Crippen molar-refractivity contribution in [1.29, 1.82) is 0 Å². The molecule has 1 aliphatic carbocycles. The lowest BCUT2D eigenvalue weighted by Crippen LogP contribution is -2.33. The molecule has 0 fully saturated rings. The zero-order chi connectivity index (χ0) is 27.1. The van der Waals surface area contributed by atoms with Crippen LogP contribution in [0.3, 0.4) is 0 Å². The first kappa shape index (κ1) is 24.9. The van der Waals surface area contributed by atoms with Gasteiger partial charge in [0.2, 0.25) is 0 Å². The Kier molecular flexibility index (Phi) is 6.18. The second-order valence-electron chi connectivity index (χ2n) is 10.9. The van der Waals surface area contributed by atoms with Gasteiger partial charge in [-0.2, -0.15) is 0 Å². The summed E-state index contributed by atoms with van der Waals surface area (Å²) in [4.78, 5) is 30.5. The number of aromatic nitrogens is 1. The third-order valence-electron chi connectivity index (χ3n) is 7.45.